The van der Waals surface area contributed by atoms with Gasteiger partial charge in [0.2, 0.25) is 0 Å². The number of carbonyl (C=O) groups excluding carboxylic acids is 2. The maximum absolute atomic E-state index is 12.3. The average molecular weight is 293 g/mol. The van der Waals surface area contributed by atoms with Crippen LogP contribution < -0.4 is 0 Å². The highest BCUT2D eigenvalue weighted by molar-refractivity contribution is 6.00. The number of pyridine rings is 1. The highest BCUT2D eigenvalue weighted by atomic mass is 16.6. The maximum Gasteiger partial charge on any atom is 0.323 e. The molecule has 116 valence electrons. The Morgan fingerprint density at radius 2 is 1.57 bits per heavy atom. The molecule has 0 N–H and O–H groups in total. The van der Waals surface area contributed by atoms with Crippen molar-refractivity contribution in [3.05, 3.63) is 30.1 Å². The van der Waals surface area contributed by atoms with Crippen molar-refractivity contribution in [2.45, 2.75) is 40.0 Å². The van der Waals surface area contributed by atoms with Gasteiger partial charge in [-0.15, -0.1) is 0 Å². The molecule has 0 spiro atoms. The molecule has 21 heavy (non-hydrogen) atoms. The zero-order valence-electron chi connectivity index (χ0n) is 12.9. The Morgan fingerprint density at radius 1 is 1.05 bits per heavy atom. The van der Waals surface area contributed by atoms with Crippen LogP contribution in [0.4, 0.5) is 0 Å². The molecule has 1 rings (SSSR count). The summed E-state index contributed by atoms with van der Waals surface area (Å²) >= 11 is 0. The standard InChI is InChI=1S/C16H23NO4/c1-4-16(14(18)20-5-2,15(19)21-6-3)10-7-13-8-11-17-12-9-13/h8-9,11-12H,4-7,10H2,1-3H3. The Balaban J connectivity index is 2.94. The molecule has 1 aromatic rings. The van der Waals surface area contributed by atoms with Gasteiger partial charge in [0.15, 0.2) is 5.41 Å². The van der Waals surface area contributed by atoms with Crippen molar-refractivity contribution in [3.8, 4) is 0 Å². The predicted octanol–water partition coefficient (Wildman–Crippen LogP) is 2.54. The summed E-state index contributed by atoms with van der Waals surface area (Å²) < 4.78 is 10.2. The normalized spacial score (nSPS) is 11.0. The molecule has 0 fully saturated rings. The number of aromatic nitrogens is 1. The van der Waals surface area contributed by atoms with Crippen molar-refractivity contribution >= 4 is 11.9 Å². The fourth-order valence-electron chi connectivity index (χ4n) is 2.20. The first kappa shape index (κ1) is 17.1. The Morgan fingerprint density at radius 3 is 2.00 bits per heavy atom. The summed E-state index contributed by atoms with van der Waals surface area (Å²) in [6.07, 6.45) is 4.70. The third-order valence-electron chi connectivity index (χ3n) is 3.53. The molecule has 0 radical (unpaired) electrons. The summed E-state index contributed by atoms with van der Waals surface area (Å²) in [6.45, 7) is 5.75. The lowest BCUT2D eigenvalue weighted by atomic mass is 9.79. The van der Waals surface area contributed by atoms with E-state index in [1.54, 1.807) is 33.2 Å². The second kappa shape index (κ2) is 8.39. The fraction of sp³-hybridized carbons (Fsp3) is 0.562. The average Bonchev–Trinajstić information content (AvgIpc) is 2.50. The Hall–Kier alpha value is -1.91. The van der Waals surface area contributed by atoms with Crippen LogP contribution in [0.15, 0.2) is 24.5 Å². The molecule has 0 saturated heterocycles. The van der Waals surface area contributed by atoms with E-state index in [0.717, 1.165) is 5.56 Å². The molecular formula is C16H23NO4. The van der Waals surface area contributed by atoms with Crippen LogP contribution in [0.25, 0.3) is 0 Å². The van der Waals surface area contributed by atoms with Gasteiger partial charge in [0.25, 0.3) is 0 Å². The van der Waals surface area contributed by atoms with Crippen LogP contribution in [0.5, 0.6) is 0 Å². The zero-order valence-corrected chi connectivity index (χ0v) is 12.9. The van der Waals surface area contributed by atoms with Crippen molar-refractivity contribution in [1.82, 2.24) is 4.98 Å². The first-order chi connectivity index (χ1) is 10.1. The minimum absolute atomic E-state index is 0.245. The van der Waals surface area contributed by atoms with E-state index in [9.17, 15) is 9.59 Å². The van der Waals surface area contributed by atoms with Gasteiger partial charge < -0.3 is 9.47 Å². The number of rotatable bonds is 8. The molecule has 0 bridgehead atoms. The first-order valence-electron chi connectivity index (χ1n) is 7.34. The van der Waals surface area contributed by atoms with Crippen LogP contribution in [0.1, 0.15) is 39.2 Å². The predicted molar refractivity (Wildman–Crippen MR) is 78.5 cm³/mol. The van der Waals surface area contributed by atoms with Crippen LogP contribution >= 0.6 is 0 Å². The highest BCUT2D eigenvalue weighted by Crippen LogP contribution is 2.32. The molecule has 0 aliphatic carbocycles. The van der Waals surface area contributed by atoms with Gasteiger partial charge in [0, 0.05) is 12.4 Å². The molecule has 5 heteroatoms. The molecule has 0 aliphatic rings. The topological polar surface area (TPSA) is 65.5 Å². The van der Waals surface area contributed by atoms with E-state index in [-0.39, 0.29) is 13.2 Å². The number of ether oxygens (including phenoxy) is 2. The van der Waals surface area contributed by atoms with Gasteiger partial charge in [-0.3, -0.25) is 14.6 Å². The lowest BCUT2D eigenvalue weighted by Gasteiger charge is -2.27. The van der Waals surface area contributed by atoms with E-state index in [1.807, 2.05) is 12.1 Å². The molecule has 0 atom stereocenters. The molecule has 1 heterocycles. The summed E-state index contributed by atoms with van der Waals surface area (Å²) in [7, 11) is 0. The molecule has 0 aliphatic heterocycles. The largest absolute Gasteiger partial charge is 0.465 e. The van der Waals surface area contributed by atoms with Crippen molar-refractivity contribution < 1.29 is 19.1 Å². The smallest absolute Gasteiger partial charge is 0.323 e. The Bertz CT molecular complexity index is 441. The zero-order chi connectivity index (χ0) is 15.7. The lowest BCUT2D eigenvalue weighted by Crippen LogP contribution is -2.42. The molecular weight excluding hydrogens is 270 g/mol. The Labute approximate surface area is 125 Å². The van der Waals surface area contributed by atoms with E-state index in [1.165, 1.54) is 0 Å². The molecule has 5 nitrogen and oxygen atoms in total. The van der Waals surface area contributed by atoms with Gasteiger partial charge in [-0.05, 0) is 50.8 Å². The van der Waals surface area contributed by atoms with Gasteiger partial charge >= 0.3 is 11.9 Å². The van der Waals surface area contributed by atoms with Crippen LogP contribution in [0.3, 0.4) is 0 Å². The third-order valence-corrected chi connectivity index (χ3v) is 3.53. The molecule has 0 unspecified atom stereocenters. The maximum atomic E-state index is 12.3. The molecule has 0 saturated carbocycles. The number of esters is 2. The van der Waals surface area contributed by atoms with Crippen molar-refractivity contribution in [1.29, 1.82) is 0 Å². The monoisotopic (exact) mass is 293 g/mol. The summed E-state index contributed by atoms with van der Waals surface area (Å²) in [4.78, 5) is 28.6. The third kappa shape index (κ3) is 4.28. The van der Waals surface area contributed by atoms with Gasteiger partial charge in [0.1, 0.15) is 0 Å². The van der Waals surface area contributed by atoms with Crippen LogP contribution in [-0.4, -0.2) is 30.1 Å². The first-order valence-corrected chi connectivity index (χ1v) is 7.34. The fourth-order valence-corrected chi connectivity index (χ4v) is 2.20. The van der Waals surface area contributed by atoms with Crippen molar-refractivity contribution in [2.24, 2.45) is 5.41 Å². The Kier molecular flexibility index (Phi) is 6.85. The van der Waals surface area contributed by atoms with E-state index in [0.29, 0.717) is 19.3 Å². The van der Waals surface area contributed by atoms with Gasteiger partial charge in [-0.1, -0.05) is 6.92 Å². The van der Waals surface area contributed by atoms with Crippen LogP contribution in [0.2, 0.25) is 0 Å². The summed E-state index contributed by atoms with van der Waals surface area (Å²) in [5, 5.41) is 0. The van der Waals surface area contributed by atoms with Gasteiger partial charge in [-0.25, -0.2) is 0 Å². The van der Waals surface area contributed by atoms with E-state index < -0.39 is 17.4 Å². The minimum Gasteiger partial charge on any atom is -0.465 e. The van der Waals surface area contributed by atoms with Crippen LogP contribution in [-0.2, 0) is 25.5 Å². The summed E-state index contributed by atoms with van der Waals surface area (Å²) in [5.74, 6) is -1.000. The second-order valence-electron chi connectivity index (χ2n) is 4.73. The molecule has 1 aromatic heterocycles. The van der Waals surface area contributed by atoms with E-state index in [2.05, 4.69) is 4.98 Å². The molecule has 0 amide bonds. The SMILES string of the molecule is CCOC(=O)C(CC)(CCc1ccncc1)C(=O)OCC. The summed E-state index contributed by atoms with van der Waals surface area (Å²) in [6, 6.07) is 3.74. The quantitative estimate of drug-likeness (QED) is 0.544. The summed E-state index contributed by atoms with van der Waals surface area (Å²) in [5.41, 5.74) is -0.202. The lowest BCUT2D eigenvalue weighted by molar-refractivity contribution is -0.173. The number of hydrogen-bond acceptors (Lipinski definition) is 5. The number of nitrogens with zero attached hydrogens (tertiary/aromatic N) is 1. The minimum atomic E-state index is -1.23. The number of carbonyl (C=O) groups is 2. The van der Waals surface area contributed by atoms with Crippen molar-refractivity contribution in [3.63, 3.8) is 0 Å². The second-order valence-corrected chi connectivity index (χ2v) is 4.73. The number of hydrogen-bond donors (Lipinski definition) is 0. The van der Waals surface area contributed by atoms with Crippen molar-refractivity contribution in [2.75, 3.05) is 13.2 Å². The van der Waals surface area contributed by atoms with Gasteiger partial charge in [-0.2, -0.15) is 0 Å². The van der Waals surface area contributed by atoms with E-state index >= 15 is 0 Å². The van der Waals surface area contributed by atoms with E-state index in [4.69, 9.17) is 9.47 Å². The molecule has 0 aromatic carbocycles. The number of aryl methyl sites for hydroxylation is 1. The van der Waals surface area contributed by atoms with Gasteiger partial charge in [0.05, 0.1) is 13.2 Å². The van der Waals surface area contributed by atoms with Crippen LogP contribution in [0, 0.1) is 5.41 Å². The highest BCUT2D eigenvalue weighted by Gasteiger charge is 2.46.